The Labute approximate surface area is 125 Å². The summed E-state index contributed by atoms with van der Waals surface area (Å²) in [4.78, 5) is 0. The van der Waals surface area contributed by atoms with Crippen molar-refractivity contribution in [3.05, 3.63) is 0 Å². The van der Waals surface area contributed by atoms with E-state index in [1.54, 1.807) is 0 Å². The number of rotatable bonds is 6. The van der Waals surface area contributed by atoms with Crippen molar-refractivity contribution in [2.75, 3.05) is 0 Å². The van der Waals surface area contributed by atoms with Crippen LogP contribution in [0.25, 0.3) is 0 Å². The van der Waals surface area contributed by atoms with Crippen LogP contribution in [0.4, 0.5) is 39.5 Å². The molecule has 0 saturated carbocycles. The molecule has 0 aliphatic carbocycles. The molecule has 2 unspecified atom stereocenters. The third-order valence-corrected chi connectivity index (χ3v) is 7.55. The Kier molecular flexibility index (Phi) is 6.00. The molecule has 0 aromatic heterocycles. The number of halogens is 9. The summed E-state index contributed by atoms with van der Waals surface area (Å²) >= 11 is -9.24. The van der Waals surface area contributed by atoms with E-state index in [9.17, 15) is 65.5 Å². The molecule has 0 aliphatic rings. The van der Waals surface area contributed by atoms with Gasteiger partial charge in [-0.05, 0) is 22.2 Å². The largest absolute Gasteiger partial charge is 0.771 e. The van der Waals surface area contributed by atoms with Gasteiger partial charge in [-0.1, -0.05) is 0 Å². The summed E-state index contributed by atoms with van der Waals surface area (Å²) in [6.45, 7) is 0. The van der Waals surface area contributed by atoms with Crippen LogP contribution in [0.3, 0.4) is 0 Å². The molecule has 0 aromatic carbocycles. The van der Waals surface area contributed by atoms with E-state index in [-0.39, 0.29) is 0 Å². The average Bonchev–Trinajstić information content (AvgIpc) is 2.24. The molecule has 0 N–H and O–H groups in total. The molecule has 0 amide bonds. The third-order valence-electron chi connectivity index (χ3n) is 2.04. The van der Waals surface area contributed by atoms with E-state index in [4.69, 9.17) is 0 Å². The molecule has 0 radical (unpaired) electrons. The summed E-state index contributed by atoms with van der Waals surface area (Å²) in [6.07, 6.45) is -7.36. The van der Waals surface area contributed by atoms with E-state index < -0.39 is 59.2 Å². The van der Waals surface area contributed by atoms with Crippen LogP contribution in [-0.4, -0.2) is 53.1 Å². The van der Waals surface area contributed by atoms with Gasteiger partial charge in [0.25, 0.3) is 0 Å². The van der Waals surface area contributed by atoms with Crippen LogP contribution < -0.4 is 0 Å². The maximum atomic E-state index is 13.1. The third kappa shape index (κ3) is 3.35. The first-order chi connectivity index (χ1) is 9.76. The molecule has 0 rings (SSSR count). The van der Waals surface area contributed by atoms with Crippen LogP contribution in [0.1, 0.15) is 0 Å². The molecular formula is C5HF9O6S3-2. The lowest BCUT2D eigenvalue weighted by atomic mass is 10.1. The minimum Gasteiger partial charge on any atom is -0.771 e. The van der Waals surface area contributed by atoms with Crippen molar-refractivity contribution < 1.29 is 65.5 Å². The summed E-state index contributed by atoms with van der Waals surface area (Å²) < 4.78 is 171. The standard InChI is InChI=1S/C5H3F9O6S3/c6-2(7,4(10,11)12)3(8,9)5(13,14)23(19,20)1(21(15)16)22(17)18/h1H,(H,15,16)(H,17,18)/p-2. The Bertz CT molecular complexity index is 596. The second-order valence-electron chi connectivity index (χ2n) is 3.52. The lowest BCUT2D eigenvalue weighted by Gasteiger charge is -2.35. The molecule has 0 heterocycles. The fourth-order valence-corrected chi connectivity index (χ4v) is 4.55. The number of hydrogen-bond donors (Lipinski definition) is 0. The van der Waals surface area contributed by atoms with Crippen molar-refractivity contribution in [2.45, 2.75) is 27.2 Å². The normalized spacial score (nSPS) is 19.3. The molecule has 0 fully saturated rings. The highest BCUT2D eigenvalue weighted by molar-refractivity contribution is 8.18. The van der Waals surface area contributed by atoms with Gasteiger partial charge in [0.2, 0.25) is 9.84 Å². The van der Waals surface area contributed by atoms with Crippen molar-refractivity contribution in [1.82, 2.24) is 0 Å². The second kappa shape index (κ2) is 6.12. The predicted octanol–water partition coefficient (Wildman–Crippen LogP) is 0.869. The van der Waals surface area contributed by atoms with Crippen molar-refractivity contribution in [3.8, 4) is 0 Å². The zero-order valence-corrected chi connectivity index (χ0v) is 12.1. The molecule has 0 bridgehead atoms. The Hall–Kier alpha value is -0.460. The molecular weight excluding hydrogens is 423 g/mol. The van der Waals surface area contributed by atoms with Gasteiger partial charge >= 0.3 is 23.3 Å². The van der Waals surface area contributed by atoms with Crippen molar-refractivity contribution in [3.63, 3.8) is 0 Å². The lowest BCUT2D eigenvalue weighted by molar-refractivity contribution is -0.382. The maximum absolute atomic E-state index is 13.1. The molecule has 0 aliphatic heterocycles. The van der Waals surface area contributed by atoms with E-state index in [2.05, 4.69) is 0 Å². The number of hydrogen-bond acceptors (Lipinski definition) is 6. The Morgan fingerprint density at radius 2 is 1.04 bits per heavy atom. The summed E-state index contributed by atoms with van der Waals surface area (Å²) in [7, 11) is -7.59. The fraction of sp³-hybridized carbons (Fsp3) is 1.00. The Morgan fingerprint density at radius 1 is 0.739 bits per heavy atom. The summed E-state index contributed by atoms with van der Waals surface area (Å²) in [5, 5.41) is -7.40. The highest BCUT2D eigenvalue weighted by Crippen LogP contribution is 2.55. The molecule has 0 saturated heterocycles. The minimum atomic E-state index is -7.71. The van der Waals surface area contributed by atoms with Crippen LogP contribution >= 0.6 is 0 Å². The van der Waals surface area contributed by atoms with Crippen molar-refractivity contribution >= 4 is 32.0 Å². The van der Waals surface area contributed by atoms with Gasteiger partial charge in [-0.25, -0.2) is 8.42 Å². The second-order valence-corrected chi connectivity index (χ2v) is 8.47. The van der Waals surface area contributed by atoms with Gasteiger partial charge in [0.1, 0.15) is 0 Å². The smallest absolute Gasteiger partial charge is 0.460 e. The molecule has 0 spiro atoms. The molecule has 140 valence electrons. The Balaban J connectivity index is 6.47. The van der Waals surface area contributed by atoms with E-state index in [1.807, 2.05) is 0 Å². The number of alkyl halides is 9. The molecule has 18 heteroatoms. The van der Waals surface area contributed by atoms with Gasteiger partial charge in [-0.3, -0.25) is 8.42 Å². The van der Waals surface area contributed by atoms with Crippen LogP contribution in [0.15, 0.2) is 0 Å². The fourth-order valence-electron chi connectivity index (χ4n) is 0.931. The predicted molar refractivity (Wildman–Crippen MR) is 51.4 cm³/mol. The van der Waals surface area contributed by atoms with Gasteiger partial charge < -0.3 is 9.11 Å². The van der Waals surface area contributed by atoms with Crippen molar-refractivity contribution in [1.29, 1.82) is 0 Å². The van der Waals surface area contributed by atoms with Crippen LogP contribution in [0.5, 0.6) is 0 Å². The first-order valence-electron chi connectivity index (χ1n) is 4.36. The molecule has 23 heavy (non-hydrogen) atoms. The lowest BCUT2D eigenvalue weighted by Crippen LogP contribution is -2.64. The summed E-state index contributed by atoms with van der Waals surface area (Å²) in [6, 6.07) is 0. The quantitative estimate of drug-likeness (QED) is 0.462. The van der Waals surface area contributed by atoms with Gasteiger partial charge in [-0.2, -0.15) is 39.5 Å². The van der Waals surface area contributed by atoms with Crippen LogP contribution in [-0.2, 0) is 32.0 Å². The molecule has 0 aromatic rings. The van der Waals surface area contributed by atoms with Crippen LogP contribution in [0.2, 0.25) is 0 Å². The van der Waals surface area contributed by atoms with Crippen LogP contribution in [0, 0.1) is 0 Å². The summed E-state index contributed by atoms with van der Waals surface area (Å²) in [5.41, 5.74) is 0. The first-order valence-corrected chi connectivity index (χ1v) is 8.18. The van der Waals surface area contributed by atoms with Crippen molar-refractivity contribution in [2.24, 2.45) is 0 Å². The SMILES string of the molecule is O=S([O-])C(S(=O)[O-])S(=O)(=O)C(F)(F)C(F)(F)C(F)(F)C(F)(F)F. The minimum absolute atomic E-state index is 4.41. The van der Waals surface area contributed by atoms with E-state index >= 15 is 0 Å². The summed E-state index contributed by atoms with van der Waals surface area (Å²) in [5.74, 6) is -15.3. The van der Waals surface area contributed by atoms with Gasteiger partial charge in [0.05, 0.1) is 0 Å². The molecule has 2 atom stereocenters. The van der Waals surface area contributed by atoms with Gasteiger partial charge in [0.15, 0.2) is 3.91 Å². The maximum Gasteiger partial charge on any atom is 0.460 e. The van der Waals surface area contributed by atoms with Gasteiger partial charge in [0, 0.05) is 0 Å². The number of sulfone groups is 1. The van der Waals surface area contributed by atoms with E-state index in [0.29, 0.717) is 0 Å². The van der Waals surface area contributed by atoms with E-state index in [0.717, 1.165) is 0 Å². The zero-order valence-electron chi connectivity index (χ0n) is 9.65. The molecule has 6 nitrogen and oxygen atoms in total. The van der Waals surface area contributed by atoms with Gasteiger partial charge in [-0.15, -0.1) is 0 Å². The highest BCUT2D eigenvalue weighted by Gasteiger charge is 2.85. The topological polar surface area (TPSA) is 114 Å². The zero-order chi connectivity index (χ0) is 19.2. The van der Waals surface area contributed by atoms with E-state index in [1.165, 1.54) is 0 Å². The monoisotopic (exact) mass is 424 g/mol. The highest BCUT2D eigenvalue weighted by atomic mass is 32.3. The Morgan fingerprint density at radius 3 is 1.26 bits per heavy atom. The average molecular weight is 424 g/mol. The first kappa shape index (κ1) is 22.5.